The third kappa shape index (κ3) is 17.9. The number of ketones is 3. The molecule has 2 saturated heterocycles. The van der Waals surface area contributed by atoms with Gasteiger partial charge in [-0.05, 0) is 107 Å². The number of aliphatic carboxylic acids is 2. The molecular weight excluding hydrogens is 935 g/mol. The average molecular weight is 1020 g/mol. The van der Waals surface area contributed by atoms with Gasteiger partial charge < -0.3 is 54.1 Å². The minimum absolute atomic E-state index is 0.0193. The first kappa shape index (κ1) is 61.9. The summed E-state index contributed by atoms with van der Waals surface area (Å²) in [4.78, 5) is 90.6. The van der Waals surface area contributed by atoms with Gasteiger partial charge >= 0.3 is 17.9 Å². The van der Waals surface area contributed by atoms with Gasteiger partial charge in [0, 0.05) is 58.5 Å². The maximum Gasteiger partial charge on any atom is 0.329 e. The highest BCUT2D eigenvalue weighted by Gasteiger charge is 2.53. The van der Waals surface area contributed by atoms with E-state index in [1.807, 2.05) is 58.1 Å². The van der Waals surface area contributed by atoms with Crippen LogP contribution in [0, 0.1) is 35.5 Å². The van der Waals surface area contributed by atoms with E-state index in [0.29, 0.717) is 63.4 Å². The Morgan fingerprint density at radius 3 is 2.12 bits per heavy atom. The molecule has 18 nitrogen and oxygen atoms in total. The van der Waals surface area contributed by atoms with E-state index in [1.165, 1.54) is 12.0 Å². The molecule has 1 aliphatic carbocycles. The summed E-state index contributed by atoms with van der Waals surface area (Å²) in [6.07, 6.45) is 10.4. The third-order valence-electron chi connectivity index (χ3n) is 14.8. The number of fused-ring (bicyclic) bond motifs is 3. The molecule has 0 aromatic rings. The number of cyclic esters (lactones) is 1. The van der Waals surface area contributed by atoms with Crippen molar-refractivity contribution in [2.24, 2.45) is 35.5 Å². The molecule has 1 amide bonds. The molecule has 5 N–H and O–H groups in total. The number of methoxy groups -OCH3 is 3. The second kappa shape index (κ2) is 29.5. The highest BCUT2D eigenvalue weighted by Crippen LogP contribution is 2.38. The average Bonchev–Trinajstić information content (AvgIpc) is 3.33. The predicted molar refractivity (Wildman–Crippen MR) is 265 cm³/mol. The van der Waals surface area contributed by atoms with E-state index in [2.05, 4.69) is 0 Å². The fourth-order valence-electron chi connectivity index (χ4n) is 10.2. The molecule has 0 aromatic carbocycles. The highest BCUT2D eigenvalue weighted by molar-refractivity contribution is 6.39. The number of piperidine rings is 1. The Hall–Kier alpha value is -4.43. The van der Waals surface area contributed by atoms with Gasteiger partial charge in [0.15, 0.2) is 5.78 Å². The van der Waals surface area contributed by atoms with Crippen LogP contribution in [0.5, 0.6) is 0 Å². The topological polar surface area (TPSA) is 270 Å². The van der Waals surface area contributed by atoms with Gasteiger partial charge in [0.05, 0.1) is 24.4 Å². The molecule has 18 heteroatoms. The second-order valence-electron chi connectivity index (χ2n) is 20.6. The minimum atomic E-state index is -2.43. The Bertz CT molecular complexity index is 1970. The van der Waals surface area contributed by atoms with Gasteiger partial charge in [-0.3, -0.25) is 28.8 Å². The van der Waals surface area contributed by atoms with E-state index >= 15 is 0 Å². The number of rotatable bonds is 8. The van der Waals surface area contributed by atoms with Crippen LogP contribution in [0.2, 0.25) is 0 Å². The van der Waals surface area contributed by atoms with Gasteiger partial charge in [0.1, 0.15) is 36.6 Å². The lowest BCUT2D eigenvalue weighted by atomic mass is 9.78. The maximum atomic E-state index is 14.4. The highest BCUT2D eigenvalue weighted by atomic mass is 16.6. The first-order valence-electron chi connectivity index (χ1n) is 25.5. The maximum absolute atomic E-state index is 14.4. The van der Waals surface area contributed by atoms with Gasteiger partial charge in [-0.2, -0.15) is 0 Å². The quantitative estimate of drug-likeness (QED) is 0.0841. The zero-order chi connectivity index (χ0) is 54.0. The van der Waals surface area contributed by atoms with E-state index in [0.717, 1.165) is 12.0 Å². The van der Waals surface area contributed by atoms with Crippen LogP contribution in [-0.2, 0) is 57.2 Å². The van der Waals surface area contributed by atoms with Gasteiger partial charge in [-0.25, -0.2) is 4.79 Å². The summed E-state index contributed by atoms with van der Waals surface area (Å²) in [6.45, 7) is 12.7. The van der Waals surface area contributed by atoms with Crippen LogP contribution in [0.4, 0.5) is 0 Å². The third-order valence-corrected chi connectivity index (χ3v) is 14.8. The van der Waals surface area contributed by atoms with Crippen molar-refractivity contribution in [3.8, 4) is 0 Å². The normalized spacial score (nSPS) is 36.1. The molecule has 15 atom stereocenters. The molecule has 4 rings (SSSR count). The number of nitrogens with zero attached hydrogens (tertiary/aromatic N) is 1. The molecule has 72 heavy (non-hydrogen) atoms. The number of aliphatic hydroxyl groups is 3. The lowest BCUT2D eigenvalue weighted by Crippen LogP contribution is -2.61. The Morgan fingerprint density at radius 2 is 1.51 bits per heavy atom. The molecule has 406 valence electrons. The number of Topliss-reactive ketones (excluding diaryl/α,β-unsaturated/α-hetero) is 3. The predicted octanol–water partition coefficient (Wildman–Crippen LogP) is 5.73. The molecule has 0 radical (unpaired) electrons. The molecule has 2 bridgehead atoms. The number of carbonyl (C=O) groups excluding carboxylic acids is 5. The van der Waals surface area contributed by atoms with Crippen LogP contribution in [0.3, 0.4) is 0 Å². The largest absolute Gasteiger partial charge is 0.481 e. The van der Waals surface area contributed by atoms with Crippen molar-refractivity contribution >= 4 is 41.2 Å². The molecule has 4 aliphatic rings. The van der Waals surface area contributed by atoms with E-state index < -0.39 is 102 Å². The van der Waals surface area contributed by atoms with Crippen LogP contribution < -0.4 is 0 Å². The van der Waals surface area contributed by atoms with Crippen molar-refractivity contribution in [3.05, 3.63) is 47.6 Å². The zero-order valence-electron chi connectivity index (χ0n) is 44.0. The Kier molecular flexibility index (Phi) is 25.3. The standard InChI is InChI=1S/C51H79NO13.C3H4O4/c1-30-16-12-11-13-17-31(2)42(61-8)28-38-21-19-36(7)51(60,65-38)48(57)49(58)52-23-15-14-18-39(52)50(59)64-43(33(4)26-37-20-22-40(53)44(27-37)62-9)29-41(54)32(3)25-35(6)46(56)47(63-10)45(55)34(5)24-30;4-2(5)1-3(6)7/h11-13,16-17,25,30,32-34,36-40,42-44,46-47,53,56,60H,14-15,18-24,26-29H2,1-10H3;1H2,(H,4,5)(H,6,7)/b13-11?,16-12+,31-17?,35-25+;/t30-,32-,33-,34-,36-,37+,38+,39+,40-,42+,43+,44-,46-,47+,51-;/m1./s1. The number of amides is 1. The van der Waals surface area contributed by atoms with Crippen LogP contribution in [0.25, 0.3) is 0 Å². The van der Waals surface area contributed by atoms with Crippen molar-refractivity contribution in [1.29, 1.82) is 0 Å². The van der Waals surface area contributed by atoms with Crippen molar-refractivity contribution < 1.29 is 82.8 Å². The van der Waals surface area contributed by atoms with Gasteiger partial charge in [0.25, 0.3) is 11.7 Å². The molecule has 1 saturated carbocycles. The molecule has 0 spiro atoms. The zero-order valence-corrected chi connectivity index (χ0v) is 44.0. The number of hydrogen-bond donors (Lipinski definition) is 5. The van der Waals surface area contributed by atoms with E-state index in [-0.39, 0.29) is 54.8 Å². The molecule has 0 aromatic heterocycles. The summed E-state index contributed by atoms with van der Waals surface area (Å²) in [5.41, 5.74) is 1.27. The van der Waals surface area contributed by atoms with Crippen molar-refractivity contribution in [2.45, 2.75) is 186 Å². The van der Waals surface area contributed by atoms with Gasteiger partial charge in [0.2, 0.25) is 5.79 Å². The van der Waals surface area contributed by atoms with Crippen molar-refractivity contribution in [1.82, 2.24) is 4.90 Å². The molecular formula is C54H83NO17. The van der Waals surface area contributed by atoms with Crippen LogP contribution >= 0.6 is 0 Å². The van der Waals surface area contributed by atoms with Crippen LogP contribution in [0.15, 0.2) is 47.6 Å². The first-order chi connectivity index (χ1) is 33.9. The van der Waals surface area contributed by atoms with Crippen LogP contribution in [-0.4, -0.2) is 154 Å². The number of carboxylic acids is 2. The number of hydrogen-bond acceptors (Lipinski definition) is 15. The van der Waals surface area contributed by atoms with Crippen LogP contribution in [0.1, 0.15) is 132 Å². The number of allylic oxidation sites excluding steroid dienone is 6. The monoisotopic (exact) mass is 1020 g/mol. The SMILES string of the molecule is CO[C@H]1C[C@@H]2CC[C@@H](C)[C@@](O)(O2)C(=O)C(=O)N2CCCC[C@H]2C(=O)O[C@H]([C@H](C)C[C@@H]2CC[C@@H](O)[C@H](OC)C2)CC(=O)[C@H](C)/C=C(\C)[C@@H](O)[C@@H](OC)C(=O)[C@H](C)C[C@H](C)/C=C/C=CC=C1C.O=C(O)CC(=O)O. The summed E-state index contributed by atoms with van der Waals surface area (Å²) < 4.78 is 29.4. The fourth-order valence-corrected chi connectivity index (χ4v) is 10.2. The number of carbonyl (C=O) groups is 7. The number of aliphatic hydroxyl groups excluding tert-OH is 2. The first-order valence-corrected chi connectivity index (χ1v) is 25.5. The molecule has 3 aliphatic heterocycles. The minimum Gasteiger partial charge on any atom is -0.481 e. The molecule has 3 fully saturated rings. The van der Waals surface area contributed by atoms with E-state index in [9.17, 15) is 48.9 Å². The number of ether oxygens (including phenoxy) is 5. The Balaban J connectivity index is 0.00000181. The van der Waals surface area contributed by atoms with Gasteiger partial charge in [-0.1, -0.05) is 71.1 Å². The molecule has 3 heterocycles. The summed E-state index contributed by atoms with van der Waals surface area (Å²) in [5, 5.41) is 49.2. The van der Waals surface area contributed by atoms with Gasteiger partial charge in [-0.15, -0.1) is 0 Å². The second-order valence-corrected chi connectivity index (χ2v) is 20.6. The lowest BCUT2D eigenvalue weighted by molar-refractivity contribution is -0.265. The fraction of sp³-hybridized carbons (Fsp3) is 0.722. The summed E-state index contributed by atoms with van der Waals surface area (Å²) >= 11 is 0. The summed E-state index contributed by atoms with van der Waals surface area (Å²) in [6, 6.07) is -1.14. The number of carboxylic acid groups (broad SMARTS) is 2. The number of esters is 1. The lowest BCUT2D eigenvalue weighted by Gasteiger charge is -2.42. The summed E-state index contributed by atoms with van der Waals surface area (Å²) in [7, 11) is 4.52. The van der Waals surface area contributed by atoms with Crippen molar-refractivity contribution in [3.63, 3.8) is 0 Å². The Morgan fingerprint density at radius 1 is 0.833 bits per heavy atom. The van der Waals surface area contributed by atoms with E-state index in [1.54, 1.807) is 41.1 Å². The molecule has 0 unspecified atom stereocenters. The summed E-state index contributed by atoms with van der Waals surface area (Å²) in [5.74, 6) is -10.6. The Labute approximate surface area is 425 Å². The smallest absolute Gasteiger partial charge is 0.329 e. The van der Waals surface area contributed by atoms with Crippen molar-refractivity contribution in [2.75, 3.05) is 27.9 Å². The van der Waals surface area contributed by atoms with E-state index in [4.69, 9.17) is 33.9 Å².